The van der Waals surface area contributed by atoms with E-state index in [2.05, 4.69) is 5.10 Å². The molecule has 0 aliphatic carbocycles. The highest BCUT2D eigenvalue weighted by Gasteiger charge is 2.31. The van der Waals surface area contributed by atoms with Crippen LogP contribution in [0, 0.1) is 15.9 Å². The lowest BCUT2D eigenvalue weighted by molar-refractivity contribution is -0.385. The standard InChI is InChI=1S/C16H17ClFN5O3/c1-20-10-14(23(25)26)15(19-20)16(24)22-7-5-21(6-8-22)9-11-12(17)3-2-4-13(11)18/h2-4,10H,5-9H2,1H3. The molecule has 0 radical (unpaired) electrons. The molecule has 0 N–H and O–H groups in total. The minimum absolute atomic E-state index is 0.164. The monoisotopic (exact) mass is 381 g/mol. The molecule has 0 atom stereocenters. The van der Waals surface area contributed by atoms with Gasteiger partial charge in [0.1, 0.15) is 12.0 Å². The Morgan fingerprint density at radius 1 is 1.35 bits per heavy atom. The number of piperazine rings is 1. The maximum atomic E-state index is 13.9. The van der Waals surface area contributed by atoms with Crippen LogP contribution in [-0.4, -0.2) is 56.6 Å². The number of halogens is 2. The van der Waals surface area contributed by atoms with Crippen molar-refractivity contribution in [3.8, 4) is 0 Å². The van der Waals surface area contributed by atoms with E-state index in [-0.39, 0.29) is 17.2 Å². The summed E-state index contributed by atoms with van der Waals surface area (Å²) in [7, 11) is 1.53. The molecule has 0 bridgehead atoms. The molecule has 3 rings (SSSR count). The van der Waals surface area contributed by atoms with Crippen molar-refractivity contribution in [3.05, 3.63) is 56.6 Å². The van der Waals surface area contributed by atoms with E-state index in [1.54, 1.807) is 12.1 Å². The van der Waals surface area contributed by atoms with Crippen LogP contribution in [0.4, 0.5) is 10.1 Å². The van der Waals surface area contributed by atoms with Gasteiger partial charge in [-0.2, -0.15) is 5.10 Å². The molecule has 26 heavy (non-hydrogen) atoms. The third-order valence-electron chi connectivity index (χ3n) is 4.31. The molecule has 2 aromatic rings. The van der Waals surface area contributed by atoms with Gasteiger partial charge in [0.2, 0.25) is 5.69 Å². The highest BCUT2D eigenvalue weighted by molar-refractivity contribution is 6.31. The van der Waals surface area contributed by atoms with Gasteiger partial charge in [-0.25, -0.2) is 4.39 Å². The second-order valence-corrected chi connectivity index (χ2v) is 6.47. The smallest absolute Gasteiger partial charge is 0.320 e. The molecule has 1 aromatic heterocycles. The first kappa shape index (κ1) is 18.3. The second-order valence-electron chi connectivity index (χ2n) is 6.06. The average molecular weight is 382 g/mol. The lowest BCUT2D eigenvalue weighted by Gasteiger charge is -2.34. The van der Waals surface area contributed by atoms with Gasteiger partial charge in [-0.1, -0.05) is 17.7 Å². The molecule has 10 heteroatoms. The summed E-state index contributed by atoms with van der Waals surface area (Å²) in [4.78, 5) is 26.5. The molecule has 1 aliphatic heterocycles. The summed E-state index contributed by atoms with van der Waals surface area (Å²) in [5.41, 5.74) is -0.0459. The van der Waals surface area contributed by atoms with Crippen LogP contribution >= 0.6 is 11.6 Å². The molecule has 1 aromatic carbocycles. The van der Waals surface area contributed by atoms with Crippen LogP contribution in [0.15, 0.2) is 24.4 Å². The van der Waals surface area contributed by atoms with Crippen molar-refractivity contribution in [1.29, 1.82) is 0 Å². The van der Waals surface area contributed by atoms with Gasteiger partial charge in [0.25, 0.3) is 5.91 Å². The van der Waals surface area contributed by atoms with Crippen molar-refractivity contribution in [3.63, 3.8) is 0 Å². The van der Waals surface area contributed by atoms with E-state index < -0.39 is 10.8 Å². The van der Waals surface area contributed by atoms with Crippen LogP contribution in [0.1, 0.15) is 16.1 Å². The largest absolute Gasteiger partial charge is 0.334 e. The van der Waals surface area contributed by atoms with Crippen LogP contribution < -0.4 is 0 Å². The van der Waals surface area contributed by atoms with Gasteiger partial charge in [-0.3, -0.25) is 24.5 Å². The van der Waals surface area contributed by atoms with Gasteiger partial charge in [-0.15, -0.1) is 0 Å². The summed E-state index contributed by atoms with van der Waals surface area (Å²) in [5, 5.41) is 15.4. The Hall–Kier alpha value is -2.52. The number of hydrogen-bond acceptors (Lipinski definition) is 5. The zero-order valence-electron chi connectivity index (χ0n) is 14.1. The van der Waals surface area contributed by atoms with Gasteiger partial charge < -0.3 is 4.90 Å². The number of aromatic nitrogens is 2. The Labute approximate surface area is 153 Å². The van der Waals surface area contributed by atoms with Crippen molar-refractivity contribution in [2.75, 3.05) is 26.2 Å². The predicted molar refractivity (Wildman–Crippen MR) is 92.5 cm³/mol. The Bertz CT molecular complexity index is 828. The van der Waals surface area contributed by atoms with Crippen LogP contribution in [0.5, 0.6) is 0 Å². The third-order valence-corrected chi connectivity index (χ3v) is 4.67. The molecule has 8 nitrogen and oxygen atoms in total. The normalized spacial score (nSPS) is 15.3. The summed E-state index contributed by atoms with van der Waals surface area (Å²) in [6.07, 6.45) is 1.21. The van der Waals surface area contributed by atoms with Gasteiger partial charge in [0, 0.05) is 50.4 Å². The maximum Gasteiger partial charge on any atom is 0.320 e. The molecule has 138 valence electrons. The van der Waals surface area contributed by atoms with Crippen LogP contribution in [-0.2, 0) is 13.6 Å². The number of carbonyl (C=O) groups is 1. The number of nitrogens with zero attached hydrogens (tertiary/aromatic N) is 5. The van der Waals surface area contributed by atoms with Crippen molar-refractivity contribution >= 4 is 23.2 Å². The SMILES string of the molecule is Cn1cc([N+](=O)[O-])c(C(=O)N2CCN(Cc3c(F)cccc3Cl)CC2)n1. The predicted octanol–water partition coefficient (Wildman–Crippen LogP) is 2.08. The lowest BCUT2D eigenvalue weighted by Crippen LogP contribution is -2.48. The number of rotatable bonds is 4. The molecule has 0 unspecified atom stereocenters. The Balaban J connectivity index is 1.65. The fourth-order valence-corrected chi connectivity index (χ4v) is 3.15. The summed E-state index contributed by atoms with van der Waals surface area (Å²) in [6.45, 7) is 2.11. The number of nitro groups is 1. The number of amides is 1. The molecular weight excluding hydrogens is 365 g/mol. The van der Waals surface area contributed by atoms with Crippen molar-refractivity contribution < 1.29 is 14.1 Å². The van der Waals surface area contributed by atoms with E-state index in [1.807, 2.05) is 4.90 Å². The van der Waals surface area contributed by atoms with E-state index in [4.69, 9.17) is 11.6 Å². The fraction of sp³-hybridized carbons (Fsp3) is 0.375. The molecule has 1 aliphatic rings. The maximum absolute atomic E-state index is 13.9. The van der Waals surface area contributed by atoms with E-state index in [0.29, 0.717) is 43.3 Å². The van der Waals surface area contributed by atoms with E-state index in [9.17, 15) is 19.3 Å². The first-order valence-electron chi connectivity index (χ1n) is 7.99. The number of aryl methyl sites for hydroxylation is 1. The number of carbonyl (C=O) groups excluding carboxylic acids is 1. The van der Waals surface area contributed by atoms with Gasteiger partial charge in [0.15, 0.2) is 0 Å². The first-order valence-corrected chi connectivity index (χ1v) is 8.37. The summed E-state index contributed by atoms with van der Waals surface area (Å²) in [6, 6.07) is 4.55. The molecular formula is C16H17ClFN5O3. The highest BCUT2D eigenvalue weighted by atomic mass is 35.5. The topological polar surface area (TPSA) is 84.5 Å². The van der Waals surface area contributed by atoms with Gasteiger partial charge in [0.05, 0.1) is 4.92 Å². The minimum Gasteiger partial charge on any atom is -0.334 e. The van der Waals surface area contributed by atoms with Crippen LogP contribution in [0.2, 0.25) is 5.02 Å². The highest BCUT2D eigenvalue weighted by Crippen LogP contribution is 2.22. The van der Waals surface area contributed by atoms with Crippen molar-refractivity contribution in [2.24, 2.45) is 7.05 Å². The number of hydrogen-bond donors (Lipinski definition) is 0. The molecule has 0 saturated carbocycles. The number of benzene rings is 1. The molecule has 0 spiro atoms. The summed E-state index contributed by atoms with van der Waals surface area (Å²) in [5.74, 6) is -0.832. The van der Waals surface area contributed by atoms with E-state index in [0.717, 1.165) is 0 Å². The van der Waals surface area contributed by atoms with Crippen LogP contribution in [0.3, 0.4) is 0 Å². The molecule has 2 heterocycles. The van der Waals surface area contributed by atoms with Gasteiger partial charge >= 0.3 is 5.69 Å². The molecule has 1 amide bonds. The zero-order chi connectivity index (χ0) is 18.8. The third kappa shape index (κ3) is 3.68. The fourth-order valence-electron chi connectivity index (χ4n) is 2.93. The van der Waals surface area contributed by atoms with E-state index >= 15 is 0 Å². The van der Waals surface area contributed by atoms with E-state index in [1.165, 1.54) is 28.9 Å². The average Bonchev–Trinajstić information content (AvgIpc) is 3.00. The lowest BCUT2D eigenvalue weighted by atomic mass is 10.1. The summed E-state index contributed by atoms with van der Waals surface area (Å²) < 4.78 is 15.2. The Kier molecular flexibility index (Phi) is 5.19. The van der Waals surface area contributed by atoms with Gasteiger partial charge in [-0.05, 0) is 12.1 Å². The Morgan fingerprint density at radius 2 is 2.04 bits per heavy atom. The van der Waals surface area contributed by atoms with Crippen LogP contribution in [0.25, 0.3) is 0 Å². The minimum atomic E-state index is -0.614. The zero-order valence-corrected chi connectivity index (χ0v) is 14.8. The Morgan fingerprint density at radius 3 is 2.65 bits per heavy atom. The molecule has 1 fully saturated rings. The quantitative estimate of drug-likeness (QED) is 0.598. The second kappa shape index (κ2) is 7.38. The van der Waals surface area contributed by atoms with Crippen molar-refractivity contribution in [1.82, 2.24) is 19.6 Å². The van der Waals surface area contributed by atoms with Crippen molar-refractivity contribution in [2.45, 2.75) is 6.54 Å². The summed E-state index contributed by atoms with van der Waals surface area (Å²) >= 11 is 6.05. The first-order chi connectivity index (χ1) is 12.4. The molecule has 1 saturated heterocycles.